The zero-order valence-corrected chi connectivity index (χ0v) is 20.5. The predicted molar refractivity (Wildman–Crippen MR) is 122 cm³/mol. The normalized spacial score (nSPS) is 41.8. The Morgan fingerprint density at radius 2 is 1.85 bits per heavy atom. The highest BCUT2D eigenvalue weighted by Crippen LogP contribution is 2.56. The summed E-state index contributed by atoms with van der Waals surface area (Å²) in [4.78, 5) is 32.9. The number of rotatable bonds is 4. The van der Waals surface area contributed by atoms with Gasteiger partial charge in [-0.2, -0.15) is 0 Å². The van der Waals surface area contributed by atoms with E-state index < -0.39 is 41.7 Å². The van der Waals surface area contributed by atoms with Gasteiger partial charge in [0.05, 0.1) is 12.2 Å². The van der Waals surface area contributed by atoms with Crippen LogP contribution < -0.4 is 5.32 Å². The Morgan fingerprint density at radius 1 is 1.18 bits per heavy atom. The molecule has 8 nitrogen and oxygen atoms in total. The molecule has 1 spiro atoms. The van der Waals surface area contributed by atoms with Crippen LogP contribution in [0.3, 0.4) is 0 Å². The summed E-state index contributed by atoms with van der Waals surface area (Å²) in [7, 11) is 1.38. The van der Waals surface area contributed by atoms with Gasteiger partial charge in [0.2, 0.25) is 5.91 Å². The Morgan fingerprint density at radius 3 is 2.42 bits per heavy atom. The zero-order valence-electron chi connectivity index (χ0n) is 20.5. The molecule has 8 heteroatoms. The van der Waals surface area contributed by atoms with E-state index in [1.807, 2.05) is 26.8 Å². The van der Waals surface area contributed by atoms with Crippen LogP contribution >= 0.6 is 0 Å². The second-order valence-corrected chi connectivity index (χ2v) is 10.5. The third-order valence-corrected chi connectivity index (χ3v) is 8.02. The third-order valence-electron chi connectivity index (χ3n) is 8.02. The third kappa shape index (κ3) is 4.32. The largest absolute Gasteiger partial charge is 0.390 e. The van der Waals surface area contributed by atoms with E-state index in [-0.39, 0.29) is 30.6 Å². The molecule has 8 atom stereocenters. The zero-order chi connectivity index (χ0) is 24.7. The van der Waals surface area contributed by atoms with Crippen LogP contribution in [0.1, 0.15) is 60.3 Å². The number of ether oxygens (including phenoxy) is 1. The molecule has 186 valence electrons. The summed E-state index contributed by atoms with van der Waals surface area (Å²) in [6, 6.07) is -0.242. The molecule has 0 aromatic heterocycles. The van der Waals surface area contributed by atoms with Gasteiger partial charge in [-0.3, -0.25) is 14.8 Å². The SMILES string of the molecule is CO[C@@H]1CC(=O)[C@]23C(=O)N[C@H](CC(C)C)[C@@H]2C(C)=C(C)[C@H](OO)[C@@H]3/C=C(/C)CC[C@@H](O)[C@@H]1O. The lowest BCUT2D eigenvalue weighted by Crippen LogP contribution is -2.57. The number of ketones is 1. The lowest BCUT2D eigenvalue weighted by atomic mass is 9.54. The van der Waals surface area contributed by atoms with Gasteiger partial charge in [0.25, 0.3) is 0 Å². The van der Waals surface area contributed by atoms with Crippen LogP contribution in [0.5, 0.6) is 0 Å². The molecule has 3 rings (SSSR count). The van der Waals surface area contributed by atoms with E-state index >= 15 is 0 Å². The Labute approximate surface area is 196 Å². The fraction of sp³-hybridized carbons (Fsp3) is 0.760. The van der Waals surface area contributed by atoms with E-state index in [4.69, 9.17) is 9.62 Å². The Kier molecular flexibility index (Phi) is 7.86. The highest BCUT2D eigenvalue weighted by atomic mass is 17.1. The Bertz CT molecular complexity index is 835. The van der Waals surface area contributed by atoms with Gasteiger partial charge in [-0.25, -0.2) is 4.89 Å². The van der Waals surface area contributed by atoms with Crippen LogP contribution in [0, 0.1) is 23.2 Å². The quantitative estimate of drug-likeness (QED) is 0.217. The van der Waals surface area contributed by atoms with Gasteiger partial charge in [0.1, 0.15) is 17.6 Å². The summed E-state index contributed by atoms with van der Waals surface area (Å²) in [5.41, 5.74) is 1.01. The second kappa shape index (κ2) is 9.96. The molecule has 1 heterocycles. The minimum atomic E-state index is -1.51. The van der Waals surface area contributed by atoms with Gasteiger partial charge in [-0.05, 0) is 51.5 Å². The van der Waals surface area contributed by atoms with Crippen LogP contribution in [-0.2, 0) is 19.2 Å². The summed E-state index contributed by atoms with van der Waals surface area (Å²) in [6.45, 7) is 9.79. The van der Waals surface area contributed by atoms with Gasteiger partial charge in [-0.15, -0.1) is 0 Å². The number of nitrogens with one attached hydrogen (secondary N) is 1. The number of aliphatic hydroxyl groups is 2. The highest BCUT2D eigenvalue weighted by molar-refractivity contribution is 6.10. The number of amides is 1. The first-order valence-corrected chi connectivity index (χ1v) is 11.9. The Balaban J connectivity index is 2.27. The van der Waals surface area contributed by atoms with Crippen LogP contribution in [0.25, 0.3) is 0 Å². The topological polar surface area (TPSA) is 125 Å². The van der Waals surface area contributed by atoms with E-state index in [0.717, 1.165) is 16.7 Å². The van der Waals surface area contributed by atoms with Crippen molar-refractivity contribution in [3.63, 3.8) is 0 Å². The number of methoxy groups -OCH3 is 1. The fourth-order valence-corrected chi connectivity index (χ4v) is 6.24. The van der Waals surface area contributed by atoms with Crippen LogP contribution in [0.2, 0.25) is 0 Å². The van der Waals surface area contributed by atoms with Crippen molar-refractivity contribution in [3.05, 3.63) is 22.8 Å². The maximum absolute atomic E-state index is 14.1. The molecule has 0 aromatic carbocycles. The number of carbonyl (C=O) groups excluding carboxylic acids is 2. The van der Waals surface area contributed by atoms with E-state index in [9.17, 15) is 25.1 Å². The molecule has 0 unspecified atom stereocenters. The van der Waals surface area contributed by atoms with Crippen molar-refractivity contribution in [1.82, 2.24) is 5.32 Å². The smallest absolute Gasteiger partial charge is 0.235 e. The van der Waals surface area contributed by atoms with Crippen molar-refractivity contribution in [2.45, 2.75) is 90.8 Å². The minimum Gasteiger partial charge on any atom is -0.390 e. The summed E-state index contributed by atoms with van der Waals surface area (Å²) < 4.78 is 5.42. The molecule has 1 saturated heterocycles. The van der Waals surface area contributed by atoms with Gasteiger partial charge in [0.15, 0.2) is 5.78 Å². The number of carbonyl (C=O) groups is 2. The molecular weight excluding hydrogens is 426 g/mol. The Hall–Kier alpha value is -1.58. The van der Waals surface area contributed by atoms with Gasteiger partial charge >= 0.3 is 0 Å². The molecule has 4 N–H and O–H groups in total. The molecule has 3 aliphatic rings. The van der Waals surface area contributed by atoms with E-state index in [0.29, 0.717) is 18.8 Å². The maximum atomic E-state index is 14.1. The number of hydrogen-bond acceptors (Lipinski definition) is 7. The molecule has 1 aliphatic heterocycles. The molecule has 33 heavy (non-hydrogen) atoms. The number of allylic oxidation sites excluding steroid dienone is 1. The molecule has 1 amide bonds. The van der Waals surface area contributed by atoms with Crippen LogP contribution in [0.15, 0.2) is 22.8 Å². The highest BCUT2D eigenvalue weighted by Gasteiger charge is 2.67. The predicted octanol–water partition coefficient (Wildman–Crippen LogP) is 2.39. The molecule has 0 radical (unpaired) electrons. The van der Waals surface area contributed by atoms with Crippen molar-refractivity contribution < 1.29 is 34.7 Å². The van der Waals surface area contributed by atoms with Crippen molar-refractivity contribution in [2.24, 2.45) is 23.2 Å². The number of Topliss-reactive ketones (excluding diaryl/α,β-unsaturated/α-hetero) is 1. The van der Waals surface area contributed by atoms with E-state index in [2.05, 4.69) is 19.2 Å². The first kappa shape index (κ1) is 26.0. The van der Waals surface area contributed by atoms with Crippen molar-refractivity contribution in [2.75, 3.05) is 7.11 Å². The first-order valence-electron chi connectivity index (χ1n) is 11.9. The lowest BCUT2D eigenvalue weighted by molar-refractivity contribution is -0.284. The van der Waals surface area contributed by atoms with Crippen LogP contribution in [-0.4, -0.2) is 64.7 Å². The number of aliphatic hydroxyl groups excluding tert-OH is 2. The first-order chi connectivity index (χ1) is 15.5. The van der Waals surface area contributed by atoms with Crippen LogP contribution in [0.4, 0.5) is 0 Å². The van der Waals surface area contributed by atoms with Crippen molar-refractivity contribution >= 4 is 11.7 Å². The second-order valence-electron chi connectivity index (χ2n) is 10.5. The monoisotopic (exact) mass is 465 g/mol. The van der Waals surface area contributed by atoms with Gasteiger partial charge < -0.3 is 20.3 Å². The molecule has 2 aliphatic carbocycles. The standard InChI is InChI=1S/C25H39NO7/c1-12(2)9-17-21-14(4)15(5)23(33-31)16-10-13(3)7-8-18(27)22(29)19(32-6)11-20(28)25(16,21)24(30)26-17/h10,12,16-19,21-23,27,29,31H,7-9,11H2,1-6H3,(H,26,30)/b13-10-/t16-,17+,18+,19+,21-,22-,23-,25-/m0/s1. The maximum Gasteiger partial charge on any atom is 0.235 e. The minimum absolute atomic E-state index is 0.235. The summed E-state index contributed by atoms with van der Waals surface area (Å²) in [6.07, 6.45) is -1.10. The van der Waals surface area contributed by atoms with E-state index in [1.54, 1.807) is 0 Å². The summed E-state index contributed by atoms with van der Waals surface area (Å²) >= 11 is 0. The molecule has 0 aromatic rings. The average Bonchev–Trinajstić information content (AvgIpc) is 3.04. The van der Waals surface area contributed by atoms with Gasteiger partial charge in [0, 0.05) is 31.4 Å². The molecule has 1 fully saturated rings. The molecular formula is C25H39NO7. The summed E-state index contributed by atoms with van der Waals surface area (Å²) in [5.74, 6) is -1.61. The van der Waals surface area contributed by atoms with Crippen molar-refractivity contribution in [3.8, 4) is 0 Å². The fourth-order valence-electron chi connectivity index (χ4n) is 6.24. The number of hydrogen-bond donors (Lipinski definition) is 4. The van der Waals surface area contributed by atoms with E-state index in [1.165, 1.54) is 7.11 Å². The van der Waals surface area contributed by atoms with Gasteiger partial charge in [-0.1, -0.05) is 31.1 Å². The van der Waals surface area contributed by atoms with Crippen molar-refractivity contribution in [1.29, 1.82) is 0 Å². The summed E-state index contributed by atoms with van der Waals surface area (Å²) in [5, 5.41) is 34.2. The molecule has 0 saturated carbocycles. The lowest BCUT2D eigenvalue weighted by Gasteiger charge is -2.47. The average molecular weight is 466 g/mol. The molecule has 0 bridgehead atoms.